The van der Waals surface area contributed by atoms with Gasteiger partial charge in [-0.3, -0.25) is 0 Å². The van der Waals surface area contributed by atoms with E-state index in [4.69, 9.17) is 20.9 Å². The lowest BCUT2D eigenvalue weighted by Crippen LogP contribution is -1.91. The van der Waals surface area contributed by atoms with E-state index in [1.54, 1.807) is 12.1 Å². The molecule has 0 N–H and O–H groups in total. The average Bonchev–Trinajstić information content (AvgIpc) is 3.63. The minimum Gasteiger partial charge on any atom is -0.456 e. The van der Waals surface area contributed by atoms with E-state index in [0.717, 1.165) is 21.9 Å². The van der Waals surface area contributed by atoms with Crippen LogP contribution in [0.25, 0.3) is 87.6 Å². The van der Waals surface area contributed by atoms with Gasteiger partial charge in [0, 0.05) is 10.8 Å². The number of rotatable bonds is 3. The summed E-state index contributed by atoms with van der Waals surface area (Å²) in [6.45, 7) is 0. The lowest BCUT2D eigenvalue weighted by Gasteiger charge is -2.18. The smallest absolute Gasteiger partial charge is 0.135 e. The summed E-state index contributed by atoms with van der Waals surface area (Å²) in [5.74, 6) is 0. The summed E-state index contributed by atoms with van der Waals surface area (Å²) in [7, 11) is 0. The molecule has 1 aromatic heterocycles. The van der Waals surface area contributed by atoms with Crippen LogP contribution in [0.1, 0.15) is 19.2 Å². The van der Waals surface area contributed by atoms with E-state index in [9.17, 15) is 2.74 Å². The largest absolute Gasteiger partial charge is 0.456 e. The van der Waals surface area contributed by atoms with Gasteiger partial charge >= 0.3 is 0 Å². The molecule has 0 spiro atoms. The molecule has 1 heteroatoms. The second-order valence-corrected chi connectivity index (χ2v) is 10.2. The van der Waals surface area contributed by atoms with Crippen LogP contribution in [-0.2, 0) is 0 Å². The van der Waals surface area contributed by atoms with E-state index in [1.807, 2.05) is 60.7 Å². The molecule has 0 aliphatic heterocycles. The van der Waals surface area contributed by atoms with Crippen LogP contribution in [0.15, 0.2) is 162 Å². The summed E-state index contributed by atoms with van der Waals surface area (Å²) < 4.78 is 127. The SMILES string of the molecule is [2H]c1c([2H])c([2H])c2c(oc3c([2H])c([2H])c(-c4c5ccccc5c(-c5ccc(-c6c([2H])c([2H])c([2H])c7c([2H])c([2H])c([2H])c([2H])c67)cc5)c5ccccc45)c([2H])c32)c1[2H]. The van der Waals surface area contributed by atoms with Crippen LogP contribution >= 0.6 is 0 Å². The van der Waals surface area contributed by atoms with Crippen molar-refractivity contribution in [3.63, 3.8) is 0 Å². The Balaban J connectivity index is 1.33. The number of furan rings is 1. The lowest BCUT2D eigenvalue weighted by atomic mass is 9.85. The monoisotopic (exact) mass is 560 g/mol. The van der Waals surface area contributed by atoms with E-state index in [1.165, 1.54) is 0 Å². The molecule has 0 fully saturated rings. The van der Waals surface area contributed by atoms with Gasteiger partial charge in [-0.05, 0) is 83.8 Å². The maximum atomic E-state index is 9.53. The summed E-state index contributed by atoms with van der Waals surface area (Å²) in [6, 6.07) is 16.0. The molecule has 8 aromatic carbocycles. The third-order valence-corrected chi connectivity index (χ3v) is 7.84. The summed E-state index contributed by atoms with van der Waals surface area (Å²) in [4.78, 5) is 0. The standard InChI is InChI=1S/C42H26O/c1-2-12-31-27(10-1)11-9-18-32(31)28-20-22-29(23-21-28)41-34-14-3-5-16-36(34)42(37-17-6-4-15-35(37)41)30-24-25-40-38(26-30)33-13-7-8-19-39(33)43-40/h1-26H/i1D,2D,7D,8D,9D,10D,11D,12D,13D,18D,19D,24D,25D,26D. The van der Waals surface area contributed by atoms with Crippen LogP contribution in [0.4, 0.5) is 0 Å². The van der Waals surface area contributed by atoms with Gasteiger partial charge in [-0.25, -0.2) is 0 Å². The third kappa shape index (κ3) is 3.72. The molecular weight excluding hydrogens is 520 g/mol. The second kappa shape index (κ2) is 9.44. The molecule has 0 saturated heterocycles. The zero-order chi connectivity index (χ0) is 40.5. The summed E-state index contributed by atoms with van der Waals surface area (Å²) in [5, 5.41) is 2.60. The van der Waals surface area contributed by atoms with Gasteiger partial charge in [-0.15, -0.1) is 0 Å². The van der Waals surface area contributed by atoms with Crippen LogP contribution in [-0.4, -0.2) is 0 Å². The van der Waals surface area contributed by atoms with Crippen LogP contribution in [0.2, 0.25) is 0 Å². The molecule has 0 unspecified atom stereocenters. The van der Waals surface area contributed by atoms with Crippen molar-refractivity contribution in [1.82, 2.24) is 0 Å². The first kappa shape index (κ1) is 14.0. The van der Waals surface area contributed by atoms with Crippen molar-refractivity contribution in [3.05, 3.63) is 157 Å². The molecule has 0 aliphatic rings. The third-order valence-electron chi connectivity index (χ3n) is 7.84. The number of hydrogen-bond donors (Lipinski definition) is 0. The number of benzene rings is 8. The summed E-state index contributed by atoms with van der Waals surface area (Å²) in [5.41, 5.74) is 2.25. The Morgan fingerprint density at radius 2 is 0.953 bits per heavy atom. The molecule has 0 aliphatic carbocycles. The normalized spacial score (nSPS) is 16.3. The minimum absolute atomic E-state index is 0.0101. The van der Waals surface area contributed by atoms with E-state index in [0.29, 0.717) is 21.9 Å². The van der Waals surface area contributed by atoms with Crippen molar-refractivity contribution in [2.75, 3.05) is 0 Å². The zero-order valence-corrected chi connectivity index (χ0v) is 22.3. The Labute approximate surface area is 268 Å². The highest BCUT2D eigenvalue weighted by Gasteiger charge is 2.18. The maximum absolute atomic E-state index is 9.53. The van der Waals surface area contributed by atoms with Gasteiger partial charge in [0.1, 0.15) is 11.2 Å². The molecule has 9 aromatic rings. The van der Waals surface area contributed by atoms with Gasteiger partial charge in [0.05, 0.1) is 19.2 Å². The van der Waals surface area contributed by atoms with E-state index in [2.05, 4.69) is 0 Å². The van der Waals surface area contributed by atoms with Crippen molar-refractivity contribution >= 4 is 54.3 Å². The molecule has 1 heterocycles. The molecule has 9 rings (SSSR count). The zero-order valence-electron chi connectivity index (χ0n) is 36.3. The quantitative estimate of drug-likeness (QED) is 0.196. The molecule has 0 bridgehead atoms. The first-order chi connectivity index (χ1) is 27.2. The van der Waals surface area contributed by atoms with E-state index < -0.39 is 60.4 Å². The molecule has 0 amide bonds. The van der Waals surface area contributed by atoms with E-state index >= 15 is 0 Å². The Morgan fingerprint density at radius 1 is 0.395 bits per heavy atom. The second-order valence-electron chi connectivity index (χ2n) is 10.2. The number of fused-ring (bicyclic) bond motifs is 6. The van der Waals surface area contributed by atoms with E-state index in [-0.39, 0.29) is 68.0 Å². The Hall–Kier alpha value is -5.66. The highest BCUT2D eigenvalue weighted by molar-refractivity contribution is 6.22. The first-order valence-corrected chi connectivity index (χ1v) is 13.6. The van der Waals surface area contributed by atoms with Gasteiger partial charge in [-0.2, -0.15) is 0 Å². The number of para-hydroxylation sites is 1. The predicted molar refractivity (Wildman–Crippen MR) is 183 cm³/mol. The summed E-state index contributed by atoms with van der Waals surface area (Å²) in [6.07, 6.45) is 0. The number of hydrogen-bond acceptors (Lipinski definition) is 1. The molecular formula is C42H26O. The molecule has 0 saturated carbocycles. The first-order valence-electron chi connectivity index (χ1n) is 20.6. The molecule has 200 valence electrons. The van der Waals surface area contributed by atoms with Gasteiger partial charge in [0.25, 0.3) is 0 Å². The van der Waals surface area contributed by atoms with Crippen LogP contribution < -0.4 is 0 Å². The molecule has 43 heavy (non-hydrogen) atoms. The fourth-order valence-corrected chi connectivity index (χ4v) is 5.97. The van der Waals surface area contributed by atoms with Crippen molar-refractivity contribution in [2.24, 2.45) is 0 Å². The fourth-order valence-electron chi connectivity index (χ4n) is 5.97. The maximum Gasteiger partial charge on any atom is 0.135 e. The van der Waals surface area contributed by atoms with Crippen molar-refractivity contribution in [1.29, 1.82) is 0 Å². The van der Waals surface area contributed by atoms with Crippen LogP contribution in [0.3, 0.4) is 0 Å². The van der Waals surface area contributed by atoms with Crippen molar-refractivity contribution < 1.29 is 23.6 Å². The van der Waals surface area contributed by atoms with Crippen LogP contribution in [0.5, 0.6) is 0 Å². The Morgan fingerprint density at radius 3 is 1.67 bits per heavy atom. The average molecular weight is 561 g/mol. The topological polar surface area (TPSA) is 13.1 Å². The molecule has 1 nitrogen and oxygen atoms in total. The van der Waals surface area contributed by atoms with Gasteiger partial charge < -0.3 is 4.42 Å². The highest BCUT2D eigenvalue weighted by atomic mass is 16.3. The molecule has 0 radical (unpaired) electrons. The Kier molecular flexibility index (Phi) is 3.07. The highest BCUT2D eigenvalue weighted by Crippen LogP contribution is 2.45. The fraction of sp³-hybridized carbons (Fsp3) is 0. The van der Waals surface area contributed by atoms with Crippen molar-refractivity contribution in [2.45, 2.75) is 0 Å². The lowest BCUT2D eigenvalue weighted by molar-refractivity contribution is 0.669. The minimum atomic E-state index is -0.526. The van der Waals surface area contributed by atoms with Gasteiger partial charge in [0.15, 0.2) is 0 Å². The molecule has 0 atom stereocenters. The summed E-state index contributed by atoms with van der Waals surface area (Å²) >= 11 is 0. The van der Waals surface area contributed by atoms with Crippen LogP contribution in [0, 0.1) is 0 Å². The van der Waals surface area contributed by atoms with Gasteiger partial charge in [-0.1, -0.05) is 139 Å². The van der Waals surface area contributed by atoms with Crippen molar-refractivity contribution in [3.8, 4) is 33.4 Å². The van der Waals surface area contributed by atoms with Gasteiger partial charge in [0.2, 0.25) is 0 Å². The Bertz CT molecular complexity index is 3210. The predicted octanol–water partition coefficient (Wildman–Crippen LogP) is 12.0.